The average molecular weight is 295 g/mol. The van der Waals surface area contributed by atoms with Crippen LogP contribution >= 0.6 is 0 Å². The molecule has 4 aromatic rings. The Balaban J connectivity index is 2.10. The number of aromatic amines is 1. The van der Waals surface area contributed by atoms with Crippen LogP contribution in [-0.4, -0.2) is 14.9 Å². The van der Waals surface area contributed by atoms with E-state index in [1.54, 1.807) is 36.5 Å². The summed E-state index contributed by atoms with van der Waals surface area (Å²) < 4.78 is 17.0. The second-order valence-electron chi connectivity index (χ2n) is 5.13. The summed E-state index contributed by atoms with van der Waals surface area (Å²) in [6, 6.07) is 11.8. The molecular formula is C16H12FN4O+. The van der Waals surface area contributed by atoms with Crippen molar-refractivity contribution in [2.24, 2.45) is 0 Å². The summed E-state index contributed by atoms with van der Waals surface area (Å²) in [6.07, 6.45) is 1.60. The van der Waals surface area contributed by atoms with Crippen LogP contribution in [0.3, 0.4) is 0 Å². The monoisotopic (exact) mass is 295 g/mol. The van der Waals surface area contributed by atoms with E-state index in [-0.39, 0.29) is 11.4 Å². The maximum absolute atomic E-state index is 14.1. The highest BCUT2D eigenvalue weighted by Crippen LogP contribution is 2.14. The summed E-state index contributed by atoms with van der Waals surface area (Å²) in [6.45, 7) is 1.87. The minimum absolute atomic E-state index is 0.254. The lowest BCUT2D eigenvalue weighted by Crippen LogP contribution is -2.26. The van der Waals surface area contributed by atoms with Crippen molar-refractivity contribution in [3.05, 3.63) is 70.5 Å². The largest absolute Gasteiger partial charge is 0.406 e. The Hall–Kier alpha value is -3.02. The molecule has 0 saturated carbocycles. The summed E-state index contributed by atoms with van der Waals surface area (Å²) in [4.78, 5) is 16.7. The zero-order chi connectivity index (χ0) is 15.3. The fourth-order valence-electron chi connectivity index (χ4n) is 2.56. The Morgan fingerprint density at radius 1 is 1.18 bits per heavy atom. The van der Waals surface area contributed by atoms with Gasteiger partial charge in [-0.05, 0) is 37.3 Å². The molecule has 0 bridgehead atoms. The molecule has 3 heterocycles. The van der Waals surface area contributed by atoms with E-state index >= 15 is 0 Å². The first-order valence-corrected chi connectivity index (χ1v) is 6.82. The maximum atomic E-state index is 14.1. The van der Waals surface area contributed by atoms with E-state index in [4.69, 9.17) is 0 Å². The Bertz CT molecular complexity index is 1060. The Morgan fingerprint density at radius 2 is 2.05 bits per heavy atom. The molecule has 0 amide bonds. The quantitative estimate of drug-likeness (QED) is 0.545. The molecule has 0 aliphatic rings. The van der Waals surface area contributed by atoms with E-state index in [0.717, 1.165) is 5.69 Å². The van der Waals surface area contributed by atoms with Gasteiger partial charge in [-0.1, -0.05) is 22.0 Å². The van der Waals surface area contributed by atoms with Crippen molar-refractivity contribution in [3.8, 4) is 5.69 Å². The number of benzene rings is 1. The van der Waals surface area contributed by atoms with Crippen molar-refractivity contribution in [2.45, 2.75) is 6.92 Å². The van der Waals surface area contributed by atoms with Gasteiger partial charge in [-0.3, -0.25) is 4.98 Å². The minimum Gasteiger partial charge on any atom is -0.257 e. The van der Waals surface area contributed by atoms with Crippen molar-refractivity contribution in [2.75, 3.05) is 0 Å². The number of H-pyrrole nitrogens is 1. The molecule has 6 heteroatoms. The highest BCUT2D eigenvalue weighted by Gasteiger charge is 2.20. The summed E-state index contributed by atoms with van der Waals surface area (Å²) in [7, 11) is 0. The van der Waals surface area contributed by atoms with Crippen LogP contribution in [0.15, 0.2) is 53.5 Å². The first-order chi connectivity index (χ1) is 10.6. The molecule has 0 spiro atoms. The van der Waals surface area contributed by atoms with Crippen LogP contribution in [0.5, 0.6) is 0 Å². The normalized spacial score (nSPS) is 11.4. The molecule has 1 aromatic carbocycles. The number of hydrogen-bond donors (Lipinski definition) is 1. The van der Waals surface area contributed by atoms with Crippen molar-refractivity contribution >= 4 is 16.4 Å². The highest BCUT2D eigenvalue weighted by atomic mass is 19.1. The number of nitrogens with zero attached hydrogens (tertiary/aromatic N) is 3. The van der Waals surface area contributed by atoms with Gasteiger partial charge in [-0.2, -0.15) is 0 Å². The minimum atomic E-state index is -0.386. The van der Waals surface area contributed by atoms with Gasteiger partial charge in [0.05, 0.1) is 6.20 Å². The number of nitrogens with one attached hydrogen (secondary N) is 1. The van der Waals surface area contributed by atoms with E-state index in [0.29, 0.717) is 22.1 Å². The average Bonchev–Trinajstić information content (AvgIpc) is 2.85. The molecule has 1 N–H and O–H groups in total. The van der Waals surface area contributed by atoms with E-state index < -0.39 is 0 Å². The zero-order valence-electron chi connectivity index (χ0n) is 11.7. The lowest BCUT2D eigenvalue weighted by Gasteiger charge is -1.96. The van der Waals surface area contributed by atoms with Gasteiger partial charge < -0.3 is 0 Å². The molecule has 3 aromatic heterocycles. The molecule has 0 aliphatic heterocycles. The predicted octanol–water partition coefficient (Wildman–Crippen LogP) is 1.90. The second-order valence-corrected chi connectivity index (χ2v) is 5.13. The van der Waals surface area contributed by atoms with Gasteiger partial charge in [0.2, 0.25) is 5.52 Å². The van der Waals surface area contributed by atoms with Gasteiger partial charge in [-0.15, -0.1) is 4.52 Å². The smallest absolute Gasteiger partial charge is 0.257 e. The third-order valence-electron chi connectivity index (χ3n) is 3.68. The van der Waals surface area contributed by atoms with Crippen LogP contribution in [0.1, 0.15) is 5.69 Å². The number of aromatic nitrogens is 4. The fraction of sp³-hybridized carbons (Fsp3) is 0.0625. The van der Waals surface area contributed by atoms with Gasteiger partial charge in [-0.25, -0.2) is 9.18 Å². The van der Waals surface area contributed by atoms with Crippen LogP contribution in [0, 0.1) is 12.7 Å². The molecule has 5 nitrogen and oxygen atoms in total. The molecule has 108 valence electrons. The molecular weight excluding hydrogens is 283 g/mol. The third kappa shape index (κ3) is 1.74. The summed E-state index contributed by atoms with van der Waals surface area (Å²) in [5, 5.41) is 3.64. The second kappa shape index (κ2) is 4.49. The standard InChI is InChI=1S/C16H11FN4O/c1-10-5-7-12(9-18-10)20-16(22)14-8-6-11-3-2-4-13(17)15(11)21(14)19-20/h2-9H,1H3/p+1. The first-order valence-electron chi connectivity index (χ1n) is 6.82. The van der Waals surface area contributed by atoms with E-state index in [1.165, 1.54) is 15.3 Å². The van der Waals surface area contributed by atoms with Crippen LogP contribution in [-0.2, 0) is 0 Å². The predicted molar refractivity (Wildman–Crippen MR) is 79.5 cm³/mol. The number of fused-ring (bicyclic) bond motifs is 3. The number of hydrogen-bond acceptors (Lipinski definition) is 2. The lowest BCUT2D eigenvalue weighted by atomic mass is 10.2. The number of rotatable bonds is 1. The van der Waals surface area contributed by atoms with Crippen molar-refractivity contribution in [3.63, 3.8) is 0 Å². The van der Waals surface area contributed by atoms with Crippen LogP contribution in [0.25, 0.3) is 22.1 Å². The molecule has 0 atom stereocenters. The molecule has 0 unspecified atom stereocenters. The molecule has 22 heavy (non-hydrogen) atoms. The van der Waals surface area contributed by atoms with E-state index in [9.17, 15) is 9.18 Å². The lowest BCUT2D eigenvalue weighted by molar-refractivity contribution is -0.556. The van der Waals surface area contributed by atoms with Crippen molar-refractivity contribution in [1.29, 1.82) is 0 Å². The number of aryl methyl sites for hydroxylation is 1. The Morgan fingerprint density at radius 3 is 2.82 bits per heavy atom. The molecule has 0 saturated heterocycles. The molecule has 0 radical (unpaired) electrons. The van der Waals surface area contributed by atoms with Gasteiger partial charge in [0, 0.05) is 11.1 Å². The van der Waals surface area contributed by atoms with Crippen LogP contribution in [0.4, 0.5) is 4.39 Å². The number of pyridine rings is 2. The van der Waals surface area contributed by atoms with Crippen molar-refractivity contribution in [1.82, 2.24) is 14.9 Å². The van der Waals surface area contributed by atoms with Gasteiger partial charge in [0.15, 0.2) is 17.0 Å². The first kappa shape index (κ1) is 12.7. The van der Waals surface area contributed by atoms with Crippen molar-refractivity contribution < 1.29 is 8.91 Å². The zero-order valence-corrected chi connectivity index (χ0v) is 11.7. The topological polar surface area (TPSA) is 54.8 Å². The highest BCUT2D eigenvalue weighted by molar-refractivity contribution is 5.77. The SMILES string of the molecule is Cc1ccc(-n2[nH][n+]3c(ccc4cccc(F)c43)c2=O)cn1. The Kier molecular flexibility index (Phi) is 2.59. The molecule has 4 rings (SSSR count). The van der Waals surface area contributed by atoms with Crippen LogP contribution < -0.4 is 10.1 Å². The number of halogens is 1. The third-order valence-corrected chi connectivity index (χ3v) is 3.68. The number of para-hydroxylation sites is 1. The van der Waals surface area contributed by atoms with E-state index in [1.807, 2.05) is 13.0 Å². The van der Waals surface area contributed by atoms with E-state index in [2.05, 4.69) is 10.2 Å². The van der Waals surface area contributed by atoms with Gasteiger partial charge in [0.25, 0.3) is 0 Å². The summed E-state index contributed by atoms with van der Waals surface area (Å²) >= 11 is 0. The van der Waals surface area contributed by atoms with Crippen LogP contribution in [0.2, 0.25) is 0 Å². The summed E-state index contributed by atoms with van der Waals surface area (Å²) in [5.41, 5.74) is 1.92. The van der Waals surface area contributed by atoms with Gasteiger partial charge in [0.1, 0.15) is 0 Å². The molecule has 0 aliphatic carbocycles. The maximum Gasteiger partial charge on any atom is 0.406 e. The summed E-state index contributed by atoms with van der Waals surface area (Å²) in [5.74, 6) is -0.386. The molecule has 0 fully saturated rings. The Labute approximate surface area is 124 Å². The van der Waals surface area contributed by atoms with Gasteiger partial charge >= 0.3 is 5.56 Å². The fourth-order valence-corrected chi connectivity index (χ4v) is 2.56.